The van der Waals surface area contributed by atoms with Crippen LogP contribution in [-0.4, -0.2) is 25.6 Å². The van der Waals surface area contributed by atoms with Gasteiger partial charge in [-0.25, -0.2) is 9.97 Å². The normalized spacial score (nSPS) is 11.4. The first-order chi connectivity index (χ1) is 20.1. The summed E-state index contributed by atoms with van der Waals surface area (Å²) in [7, 11) is 0. The Balaban J connectivity index is 1.46. The van der Waals surface area contributed by atoms with Crippen molar-refractivity contribution < 1.29 is 0 Å². The van der Waals surface area contributed by atoms with E-state index in [4.69, 9.17) is 9.97 Å². The first-order valence-corrected chi connectivity index (χ1v) is 14.1. The number of aromatic nitrogens is 4. The molecule has 0 N–H and O–H groups in total. The second-order valence-electron chi connectivity index (χ2n) is 10.4. The molecule has 0 radical (unpaired) electrons. The average molecular weight is 534 g/mol. The van der Waals surface area contributed by atoms with Crippen LogP contribution in [0.1, 0.15) is 18.1 Å². The summed E-state index contributed by atoms with van der Waals surface area (Å²) in [5.74, 6) is 1.70. The van der Waals surface area contributed by atoms with Crippen LogP contribution in [-0.2, 0) is 0 Å². The number of aryl methyl sites for hydroxylation is 2. The number of nitrogens with zero attached hydrogens (tertiary/aromatic N) is 5. The molecule has 0 spiro atoms. The smallest absolute Gasteiger partial charge is 0.216 e. The van der Waals surface area contributed by atoms with Gasteiger partial charge in [0.25, 0.3) is 0 Å². The summed E-state index contributed by atoms with van der Waals surface area (Å²) in [6.45, 7) is 7.19. The Hall–Kier alpha value is -5.16. The molecule has 5 nitrogen and oxygen atoms in total. The van der Waals surface area contributed by atoms with Crippen LogP contribution in [0.5, 0.6) is 0 Å². The zero-order valence-corrected chi connectivity index (χ0v) is 23.5. The molecule has 0 unspecified atom stereocenters. The predicted octanol–water partition coefficient (Wildman–Crippen LogP) is 8.81. The summed E-state index contributed by atoms with van der Waals surface area (Å²) in [5.41, 5.74) is 8.74. The highest BCUT2D eigenvalue weighted by molar-refractivity contribution is 6.08. The van der Waals surface area contributed by atoms with Crippen molar-refractivity contribution >= 4 is 33.7 Å². The van der Waals surface area contributed by atoms with Crippen molar-refractivity contribution in [3.63, 3.8) is 0 Å². The van der Waals surface area contributed by atoms with Gasteiger partial charge in [0.15, 0.2) is 0 Å². The monoisotopic (exact) mass is 533 g/mol. The number of anilines is 2. The van der Waals surface area contributed by atoms with Crippen molar-refractivity contribution in [2.45, 2.75) is 20.8 Å². The molecule has 41 heavy (non-hydrogen) atoms. The molecule has 200 valence electrons. The van der Waals surface area contributed by atoms with Crippen molar-refractivity contribution in [3.05, 3.63) is 133 Å². The summed E-state index contributed by atoms with van der Waals surface area (Å²) in [6.07, 6.45) is 2.15. The van der Waals surface area contributed by atoms with Crippen LogP contribution in [0.15, 0.2) is 121 Å². The van der Waals surface area contributed by atoms with E-state index in [-0.39, 0.29) is 0 Å². The van der Waals surface area contributed by atoms with Gasteiger partial charge in [-0.05, 0) is 62.2 Å². The van der Waals surface area contributed by atoms with E-state index in [1.807, 2.05) is 12.1 Å². The molecule has 5 heteroatoms. The molecule has 0 aliphatic heterocycles. The number of fused-ring (bicyclic) bond motifs is 3. The summed E-state index contributed by atoms with van der Waals surface area (Å²) >= 11 is 0. The lowest BCUT2D eigenvalue weighted by Crippen LogP contribution is -2.22. The molecule has 4 aromatic carbocycles. The highest BCUT2D eigenvalue weighted by atomic mass is 15.3. The van der Waals surface area contributed by atoms with Crippen LogP contribution in [0.2, 0.25) is 0 Å². The first-order valence-electron chi connectivity index (χ1n) is 14.1. The number of para-hydroxylation sites is 3. The Labute approximate surface area is 240 Å². The van der Waals surface area contributed by atoms with E-state index in [2.05, 4.69) is 144 Å². The summed E-state index contributed by atoms with van der Waals surface area (Å²) < 4.78 is 4.49. The second kappa shape index (κ2) is 10.1. The number of hydrogen-bond donors (Lipinski definition) is 0. The van der Waals surface area contributed by atoms with Crippen LogP contribution in [0.4, 0.5) is 11.8 Å². The van der Waals surface area contributed by atoms with Gasteiger partial charge in [-0.15, -0.1) is 0 Å². The van der Waals surface area contributed by atoms with Crippen molar-refractivity contribution in [1.29, 1.82) is 0 Å². The molecule has 0 atom stereocenters. The minimum Gasteiger partial charge on any atom is -0.296 e. The lowest BCUT2D eigenvalue weighted by Gasteiger charge is -2.23. The highest BCUT2D eigenvalue weighted by Gasteiger charge is 2.22. The maximum absolute atomic E-state index is 5.33. The fourth-order valence-corrected chi connectivity index (χ4v) is 5.88. The number of imidazole rings is 1. The van der Waals surface area contributed by atoms with Gasteiger partial charge in [-0.3, -0.25) is 14.0 Å². The predicted molar refractivity (Wildman–Crippen MR) is 170 cm³/mol. The topological polar surface area (TPSA) is 38.9 Å². The van der Waals surface area contributed by atoms with Gasteiger partial charge in [-0.1, -0.05) is 84.9 Å². The molecule has 0 fully saturated rings. The maximum Gasteiger partial charge on any atom is 0.216 e. The first kappa shape index (κ1) is 24.9. The Morgan fingerprint density at radius 3 is 2.07 bits per heavy atom. The maximum atomic E-state index is 5.33. The van der Waals surface area contributed by atoms with Gasteiger partial charge >= 0.3 is 0 Å². The zero-order valence-electron chi connectivity index (χ0n) is 23.5. The minimum atomic E-state index is 0.709. The van der Waals surface area contributed by atoms with Crippen molar-refractivity contribution in [1.82, 2.24) is 19.1 Å². The highest BCUT2D eigenvalue weighted by Crippen LogP contribution is 2.36. The average Bonchev–Trinajstić information content (AvgIpc) is 3.58. The van der Waals surface area contributed by atoms with Crippen LogP contribution in [0.25, 0.3) is 44.6 Å². The van der Waals surface area contributed by atoms with Crippen molar-refractivity contribution in [3.8, 4) is 22.6 Å². The molecule has 7 rings (SSSR count). The summed E-state index contributed by atoms with van der Waals surface area (Å²) in [6, 6.07) is 40.1. The molecule has 7 aromatic rings. The summed E-state index contributed by atoms with van der Waals surface area (Å²) in [5, 5.41) is 2.32. The van der Waals surface area contributed by atoms with E-state index in [1.165, 1.54) is 16.5 Å². The number of hydrogen-bond acceptors (Lipinski definition) is 3. The van der Waals surface area contributed by atoms with E-state index in [9.17, 15) is 0 Å². The van der Waals surface area contributed by atoms with Crippen molar-refractivity contribution in [2.24, 2.45) is 0 Å². The molecule has 0 saturated heterocycles. The van der Waals surface area contributed by atoms with Crippen molar-refractivity contribution in [2.75, 3.05) is 11.4 Å². The Morgan fingerprint density at radius 2 is 1.34 bits per heavy atom. The molecule has 0 aliphatic rings. The van der Waals surface area contributed by atoms with Crippen LogP contribution in [0.3, 0.4) is 0 Å². The molecular weight excluding hydrogens is 502 g/mol. The minimum absolute atomic E-state index is 0.709. The van der Waals surface area contributed by atoms with E-state index in [1.54, 1.807) is 0 Å². The molecular formula is C36H31N5. The molecule has 0 bridgehead atoms. The van der Waals surface area contributed by atoms with E-state index in [0.717, 1.165) is 50.9 Å². The van der Waals surface area contributed by atoms with Gasteiger partial charge < -0.3 is 0 Å². The Bertz CT molecular complexity index is 1980. The molecule has 3 heterocycles. The molecule has 3 aromatic heterocycles. The second-order valence-corrected chi connectivity index (χ2v) is 10.4. The third kappa shape index (κ3) is 4.18. The van der Waals surface area contributed by atoms with Crippen LogP contribution in [0, 0.1) is 13.8 Å². The van der Waals surface area contributed by atoms with E-state index >= 15 is 0 Å². The lowest BCUT2D eigenvalue weighted by molar-refractivity contribution is 0.894. The van der Waals surface area contributed by atoms with E-state index in [0.29, 0.717) is 6.54 Å². The summed E-state index contributed by atoms with van der Waals surface area (Å²) in [4.78, 5) is 12.8. The van der Waals surface area contributed by atoms with Gasteiger partial charge in [0.05, 0.1) is 16.9 Å². The quantitative estimate of drug-likeness (QED) is 0.214. The van der Waals surface area contributed by atoms with Gasteiger partial charge in [0.1, 0.15) is 11.5 Å². The molecule has 0 saturated carbocycles. The van der Waals surface area contributed by atoms with Crippen LogP contribution >= 0.6 is 0 Å². The fourth-order valence-electron chi connectivity index (χ4n) is 5.88. The lowest BCUT2D eigenvalue weighted by atomic mass is 10.1. The fraction of sp³-hybridized carbons (Fsp3) is 0.111. The SMILES string of the molecule is CCN(c1ccc2c3ccccc3n(-c3ccccc3)c2n1)c1nc(-c2ccccc2)cn1-c1c(C)cccc1C. The third-order valence-corrected chi connectivity index (χ3v) is 7.79. The van der Waals surface area contributed by atoms with Gasteiger partial charge in [0.2, 0.25) is 5.95 Å². The number of benzene rings is 4. The Morgan fingerprint density at radius 1 is 0.659 bits per heavy atom. The van der Waals surface area contributed by atoms with Gasteiger partial charge in [-0.2, -0.15) is 0 Å². The van der Waals surface area contributed by atoms with E-state index < -0.39 is 0 Å². The Kier molecular flexibility index (Phi) is 6.12. The third-order valence-electron chi connectivity index (χ3n) is 7.79. The standard InChI is InChI=1S/C36H31N5/c1-4-39(36-37-31(27-16-7-5-8-17-27)24-40(36)34-25(2)14-13-15-26(34)3)33-23-22-30-29-20-11-12-21-32(29)41(35(30)38-33)28-18-9-6-10-19-28/h5-24H,4H2,1-3H3. The zero-order chi connectivity index (χ0) is 27.9. The molecule has 0 amide bonds. The largest absolute Gasteiger partial charge is 0.296 e. The van der Waals surface area contributed by atoms with Crippen LogP contribution < -0.4 is 4.90 Å². The number of pyridine rings is 1. The molecule has 0 aliphatic carbocycles. The van der Waals surface area contributed by atoms with Gasteiger partial charge in [0, 0.05) is 34.8 Å². The number of rotatable bonds is 6.